The number of aromatic nitrogens is 1. The lowest BCUT2D eigenvalue weighted by Crippen LogP contribution is -1.81. The number of hydrogen-bond donors (Lipinski definition) is 1. The van der Waals surface area contributed by atoms with E-state index in [1.807, 2.05) is 25.1 Å². The molecule has 0 amide bonds. The van der Waals surface area contributed by atoms with Gasteiger partial charge in [0, 0.05) is 10.9 Å². The van der Waals surface area contributed by atoms with Crippen molar-refractivity contribution in [1.29, 1.82) is 0 Å². The molecule has 2 rings (SSSR count). The van der Waals surface area contributed by atoms with Crippen LogP contribution >= 0.6 is 0 Å². The van der Waals surface area contributed by atoms with Crippen molar-refractivity contribution in [3.05, 3.63) is 35.5 Å². The monoisotopic (exact) mass is 181 g/mol. The van der Waals surface area contributed by atoms with Crippen LogP contribution in [0.15, 0.2) is 24.3 Å². The van der Waals surface area contributed by atoms with Crippen LogP contribution in [-0.2, 0) is 0 Å². The van der Waals surface area contributed by atoms with Crippen LogP contribution in [0.5, 0.6) is 0 Å². The molecule has 1 aromatic carbocycles. The summed E-state index contributed by atoms with van der Waals surface area (Å²) in [4.78, 5) is 2.71. The standard InChI is InChI=1S/C10H9F2N/c1-6-3-2-4-7-5-8(10(11)12)13-9(6)7/h2-5,10,13H,1H3. The van der Waals surface area contributed by atoms with Gasteiger partial charge in [-0.15, -0.1) is 0 Å². The van der Waals surface area contributed by atoms with Gasteiger partial charge in [-0.25, -0.2) is 8.78 Å². The van der Waals surface area contributed by atoms with E-state index in [-0.39, 0.29) is 5.69 Å². The van der Waals surface area contributed by atoms with Crippen molar-refractivity contribution in [1.82, 2.24) is 4.98 Å². The Balaban J connectivity index is 2.68. The quantitative estimate of drug-likeness (QED) is 0.693. The van der Waals surface area contributed by atoms with Crippen molar-refractivity contribution in [3.8, 4) is 0 Å². The molecule has 0 aliphatic heterocycles. The zero-order chi connectivity index (χ0) is 9.42. The number of aromatic amines is 1. The Morgan fingerprint density at radius 3 is 2.69 bits per heavy atom. The third-order valence-corrected chi connectivity index (χ3v) is 2.12. The third-order valence-electron chi connectivity index (χ3n) is 2.12. The van der Waals surface area contributed by atoms with Crippen molar-refractivity contribution < 1.29 is 8.78 Å². The van der Waals surface area contributed by atoms with E-state index in [9.17, 15) is 8.78 Å². The molecule has 0 spiro atoms. The Labute approximate surface area is 74.4 Å². The minimum atomic E-state index is -2.42. The number of halogens is 2. The van der Waals surface area contributed by atoms with Gasteiger partial charge >= 0.3 is 0 Å². The van der Waals surface area contributed by atoms with Crippen LogP contribution in [0, 0.1) is 6.92 Å². The van der Waals surface area contributed by atoms with Crippen LogP contribution in [-0.4, -0.2) is 4.98 Å². The molecule has 0 radical (unpaired) electrons. The van der Waals surface area contributed by atoms with Gasteiger partial charge in [-0.1, -0.05) is 18.2 Å². The molecule has 0 unspecified atom stereocenters. The summed E-state index contributed by atoms with van der Waals surface area (Å²) >= 11 is 0. The Morgan fingerprint density at radius 1 is 1.31 bits per heavy atom. The van der Waals surface area contributed by atoms with Gasteiger partial charge in [0.1, 0.15) is 0 Å². The number of para-hydroxylation sites is 1. The molecule has 0 aliphatic carbocycles. The molecule has 0 bridgehead atoms. The van der Waals surface area contributed by atoms with E-state index in [1.54, 1.807) is 0 Å². The summed E-state index contributed by atoms with van der Waals surface area (Å²) in [6.45, 7) is 1.90. The SMILES string of the molecule is Cc1cccc2cc(C(F)F)[nH]c12. The van der Waals surface area contributed by atoms with Crippen molar-refractivity contribution in [2.45, 2.75) is 13.3 Å². The van der Waals surface area contributed by atoms with Crippen LogP contribution < -0.4 is 0 Å². The average Bonchev–Trinajstić information content (AvgIpc) is 2.49. The number of fused-ring (bicyclic) bond motifs is 1. The largest absolute Gasteiger partial charge is 0.354 e. The lowest BCUT2D eigenvalue weighted by atomic mass is 10.2. The molecule has 1 N–H and O–H groups in total. The molecule has 68 valence electrons. The first-order chi connectivity index (χ1) is 6.18. The highest BCUT2D eigenvalue weighted by Gasteiger charge is 2.10. The number of aryl methyl sites for hydroxylation is 1. The van der Waals surface area contributed by atoms with Gasteiger partial charge in [0.2, 0.25) is 0 Å². The van der Waals surface area contributed by atoms with E-state index in [1.165, 1.54) is 6.07 Å². The highest BCUT2D eigenvalue weighted by Crippen LogP contribution is 2.24. The van der Waals surface area contributed by atoms with Crippen LogP contribution in [0.25, 0.3) is 10.9 Å². The second kappa shape index (κ2) is 2.83. The molecule has 1 aromatic heterocycles. The van der Waals surface area contributed by atoms with Crippen LogP contribution in [0.1, 0.15) is 17.7 Å². The maximum Gasteiger partial charge on any atom is 0.278 e. The number of benzene rings is 1. The highest BCUT2D eigenvalue weighted by atomic mass is 19.3. The van der Waals surface area contributed by atoms with E-state index in [0.717, 1.165) is 16.5 Å². The van der Waals surface area contributed by atoms with E-state index in [0.29, 0.717) is 0 Å². The van der Waals surface area contributed by atoms with Crippen molar-refractivity contribution in [2.24, 2.45) is 0 Å². The first-order valence-electron chi connectivity index (χ1n) is 4.05. The van der Waals surface area contributed by atoms with Gasteiger partial charge in [0.15, 0.2) is 0 Å². The molecule has 2 aromatic rings. The fourth-order valence-corrected chi connectivity index (χ4v) is 1.45. The van der Waals surface area contributed by atoms with Gasteiger partial charge in [0.25, 0.3) is 6.43 Å². The van der Waals surface area contributed by atoms with Crippen molar-refractivity contribution in [3.63, 3.8) is 0 Å². The summed E-state index contributed by atoms with van der Waals surface area (Å²) in [5, 5.41) is 0.843. The fourth-order valence-electron chi connectivity index (χ4n) is 1.45. The summed E-state index contributed by atoms with van der Waals surface area (Å²) in [6, 6.07) is 7.08. The smallest absolute Gasteiger partial charge is 0.278 e. The second-order valence-electron chi connectivity index (χ2n) is 3.06. The molecule has 1 nitrogen and oxygen atoms in total. The summed E-state index contributed by atoms with van der Waals surface area (Å²) in [5.41, 5.74) is 1.78. The minimum Gasteiger partial charge on any atom is -0.354 e. The third kappa shape index (κ3) is 1.30. The predicted molar refractivity (Wildman–Crippen MR) is 48.0 cm³/mol. The number of rotatable bonds is 1. The highest BCUT2D eigenvalue weighted by molar-refractivity contribution is 5.83. The van der Waals surface area contributed by atoms with E-state index < -0.39 is 6.43 Å². The molecular formula is C10H9F2N. The summed E-state index contributed by atoms with van der Waals surface area (Å²) in [6.07, 6.45) is -2.42. The van der Waals surface area contributed by atoms with Crippen molar-refractivity contribution in [2.75, 3.05) is 0 Å². The van der Waals surface area contributed by atoms with E-state index in [2.05, 4.69) is 4.98 Å². The molecule has 13 heavy (non-hydrogen) atoms. The number of alkyl halides is 2. The number of H-pyrrole nitrogens is 1. The molecule has 0 saturated carbocycles. The average molecular weight is 181 g/mol. The van der Waals surface area contributed by atoms with Crippen LogP contribution in [0.4, 0.5) is 8.78 Å². The Hall–Kier alpha value is -1.38. The Kier molecular flexibility index (Phi) is 1.79. The molecule has 1 heterocycles. The van der Waals surface area contributed by atoms with Gasteiger partial charge in [-0.05, 0) is 18.6 Å². The summed E-state index contributed by atoms with van der Waals surface area (Å²) in [5.74, 6) is 0. The number of nitrogens with one attached hydrogen (secondary N) is 1. The van der Waals surface area contributed by atoms with E-state index >= 15 is 0 Å². The molecular weight excluding hydrogens is 172 g/mol. The van der Waals surface area contributed by atoms with E-state index in [4.69, 9.17) is 0 Å². The van der Waals surface area contributed by atoms with Crippen molar-refractivity contribution >= 4 is 10.9 Å². The maximum atomic E-state index is 12.3. The van der Waals surface area contributed by atoms with Crippen LogP contribution in [0.2, 0.25) is 0 Å². The number of hydrogen-bond acceptors (Lipinski definition) is 0. The maximum absolute atomic E-state index is 12.3. The Bertz CT molecular complexity index is 431. The molecule has 0 atom stereocenters. The van der Waals surface area contributed by atoms with Gasteiger partial charge < -0.3 is 4.98 Å². The first-order valence-corrected chi connectivity index (χ1v) is 4.05. The molecule has 0 saturated heterocycles. The van der Waals surface area contributed by atoms with Gasteiger partial charge in [-0.3, -0.25) is 0 Å². The van der Waals surface area contributed by atoms with Gasteiger partial charge in [0.05, 0.1) is 5.69 Å². The molecule has 0 fully saturated rings. The predicted octanol–water partition coefficient (Wildman–Crippen LogP) is 3.41. The minimum absolute atomic E-state index is 0.00991. The zero-order valence-corrected chi connectivity index (χ0v) is 7.14. The zero-order valence-electron chi connectivity index (χ0n) is 7.14. The summed E-state index contributed by atoms with van der Waals surface area (Å²) in [7, 11) is 0. The van der Waals surface area contributed by atoms with Crippen LogP contribution in [0.3, 0.4) is 0 Å². The lowest BCUT2D eigenvalue weighted by Gasteiger charge is -1.94. The summed E-state index contributed by atoms with van der Waals surface area (Å²) < 4.78 is 24.6. The topological polar surface area (TPSA) is 15.8 Å². The molecule has 3 heteroatoms. The normalized spacial score (nSPS) is 11.4. The lowest BCUT2D eigenvalue weighted by molar-refractivity contribution is 0.147. The van der Waals surface area contributed by atoms with Gasteiger partial charge in [-0.2, -0.15) is 0 Å². The second-order valence-corrected chi connectivity index (χ2v) is 3.06. The Morgan fingerprint density at radius 2 is 2.08 bits per heavy atom. The first kappa shape index (κ1) is 8.23. The fraction of sp³-hybridized carbons (Fsp3) is 0.200. The molecule has 0 aliphatic rings.